The second kappa shape index (κ2) is 5.51. The third kappa shape index (κ3) is 2.99. The number of nitrogens with zero attached hydrogens (tertiary/aromatic N) is 1. The Morgan fingerprint density at radius 1 is 1.22 bits per heavy atom. The summed E-state index contributed by atoms with van der Waals surface area (Å²) in [5.74, 6) is -0.240. The number of halogens is 1. The van der Waals surface area contributed by atoms with E-state index in [9.17, 15) is 10.0 Å². The van der Waals surface area contributed by atoms with E-state index in [1.807, 2.05) is 18.2 Å². The highest BCUT2D eigenvalue weighted by Gasteiger charge is 2.07. The molecule has 0 spiro atoms. The van der Waals surface area contributed by atoms with Gasteiger partial charge in [-0.05, 0) is 11.6 Å². The molecule has 4 nitrogen and oxygen atoms in total. The van der Waals surface area contributed by atoms with E-state index in [2.05, 4.69) is 5.32 Å². The molecule has 0 aliphatic carbocycles. The molecule has 1 aromatic heterocycles. The molecule has 92 valence electrons. The molecule has 5 heteroatoms. The molecule has 0 radical (unpaired) electrons. The highest BCUT2D eigenvalue weighted by molar-refractivity contribution is 6.31. The number of carbonyl (C=O) groups is 1. The van der Waals surface area contributed by atoms with Gasteiger partial charge in [0.15, 0.2) is 12.4 Å². The van der Waals surface area contributed by atoms with Gasteiger partial charge < -0.3 is 10.5 Å². The van der Waals surface area contributed by atoms with Crippen molar-refractivity contribution in [3.63, 3.8) is 0 Å². The summed E-state index contributed by atoms with van der Waals surface area (Å²) in [6.45, 7) is 0.352. The molecule has 0 fully saturated rings. The van der Waals surface area contributed by atoms with Crippen molar-refractivity contribution < 1.29 is 9.52 Å². The first-order chi connectivity index (χ1) is 8.66. The molecule has 2 rings (SSSR count). The number of amides is 1. The normalized spacial score (nSPS) is 10.1. The van der Waals surface area contributed by atoms with E-state index in [-0.39, 0.29) is 5.91 Å². The first kappa shape index (κ1) is 12.4. The Balaban J connectivity index is 2.01. The third-order valence-electron chi connectivity index (χ3n) is 2.46. The molecule has 0 bridgehead atoms. The maximum absolute atomic E-state index is 11.8. The predicted molar refractivity (Wildman–Crippen MR) is 68.0 cm³/mol. The molecule has 0 saturated carbocycles. The van der Waals surface area contributed by atoms with Gasteiger partial charge in [-0.1, -0.05) is 29.8 Å². The minimum absolute atomic E-state index is 0.240. The van der Waals surface area contributed by atoms with Crippen LogP contribution in [0.2, 0.25) is 5.02 Å². The number of nitrogens with one attached hydrogen (secondary N) is 1. The standard InChI is InChI=1S/C13H11ClN2O2/c14-12-4-2-1-3-11(12)9-15-13(17)10-5-7-16(18)8-6-10/h1-8H,9H2,(H,15,17). The molecule has 2 aromatic rings. The number of hydrogen-bond donors (Lipinski definition) is 1. The topological polar surface area (TPSA) is 56.0 Å². The molecular formula is C13H11ClN2O2. The quantitative estimate of drug-likeness (QED) is 0.679. The fraction of sp³-hybridized carbons (Fsp3) is 0.0769. The van der Waals surface area contributed by atoms with Crippen molar-refractivity contribution in [2.24, 2.45) is 0 Å². The lowest BCUT2D eigenvalue weighted by atomic mass is 10.2. The number of hydrogen-bond acceptors (Lipinski definition) is 2. The van der Waals surface area contributed by atoms with Gasteiger partial charge in [-0.3, -0.25) is 4.79 Å². The summed E-state index contributed by atoms with van der Waals surface area (Å²) >= 11 is 5.98. The van der Waals surface area contributed by atoms with Crippen LogP contribution >= 0.6 is 11.6 Å². The van der Waals surface area contributed by atoms with Crippen molar-refractivity contribution in [3.8, 4) is 0 Å². The first-order valence-corrected chi connectivity index (χ1v) is 5.75. The molecule has 18 heavy (non-hydrogen) atoms. The van der Waals surface area contributed by atoms with Crippen LogP contribution in [0.4, 0.5) is 0 Å². The van der Waals surface area contributed by atoms with Gasteiger partial charge in [0.25, 0.3) is 5.91 Å². The van der Waals surface area contributed by atoms with Crippen molar-refractivity contribution in [2.45, 2.75) is 6.54 Å². The molecule has 1 N–H and O–H groups in total. The zero-order chi connectivity index (χ0) is 13.0. The van der Waals surface area contributed by atoms with Gasteiger partial charge in [0.05, 0.1) is 5.56 Å². The van der Waals surface area contributed by atoms with Gasteiger partial charge in [-0.15, -0.1) is 0 Å². The van der Waals surface area contributed by atoms with Crippen molar-refractivity contribution in [1.29, 1.82) is 0 Å². The van der Waals surface area contributed by atoms with Crippen LogP contribution in [0.15, 0.2) is 48.8 Å². The highest BCUT2D eigenvalue weighted by Crippen LogP contribution is 2.14. The number of benzene rings is 1. The maximum atomic E-state index is 11.8. The Kier molecular flexibility index (Phi) is 3.79. The minimum Gasteiger partial charge on any atom is -0.619 e. The SMILES string of the molecule is O=C(NCc1ccccc1Cl)c1cc[n+]([O-])cc1. The van der Waals surface area contributed by atoms with Crippen LogP contribution < -0.4 is 10.0 Å². The molecule has 0 unspecified atom stereocenters. The molecule has 0 aliphatic rings. The van der Waals surface area contributed by atoms with E-state index in [4.69, 9.17) is 11.6 Å². The van der Waals surface area contributed by atoms with Crippen molar-refractivity contribution in [2.75, 3.05) is 0 Å². The van der Waals surface area contributed by atoms with Crippen LogP contribution in [0.25, 0.3) is 0 Å². The van der Waals surface area contributed by atoms with Crippen LogP contribution in [-0.2, 0) is 6.54 Å². The third-order valence-corrected chi connectivity index (χ3v) is 2.83. The first-order valence-electron chi connectivity index (χ1n) is 5.37. The number of rotatable bonds is 3. The van der Waals surface area contributed by atoms with Crippen LogP contribution in [-0.4, -0.2) is 5.91 Å². The fourth-order valence-corrected chi connectivity index (χ4v) is 1.69. The number of aromatic nitrogens is 1. The zero-order valence-electron chi connectivity index (χ0n) is 9.47. The molecule has 0 aliphatic heterocycles. The summed E-state index contributed by atoms with van der Waals surface area (Å²) in [7, 11) is 0. The minimum atomic E-state index is -0.240. The van der Waals surface area contributed by atoms with Gasteiger partial charge in [-0.2, -0.15) is 4.73 Å². The zero-order valence-corrected chi connectivity index (χ0v) is 10.2. The Labute approximate surface area is 109 Å². The van der Waals surface area contributed by atoms with Gasteiger partial charge in [-0.25, -0.2) is 0 Å². The Bertz CT molecular complexity index is 555. The summed E-state index contributed by atoms with van der Waals surface area (Å²) in [5, 5.41) is 14.2. The van der Waals surface area contributed by atoms with Crippen LogP contribution in [0.1, 0.15) is 15.9 Å². The molecule has 1 amide bonds. The maximum Gasteiger partial charge on any atom is 0.252 e. The summed E-state index contributed by atoms with van der Waals surface area (Å²) in [6.07, 6.45) is 2.56. The smallest absolute Gasteiger partial charge is 0.252 e. The van der Waals surface area contributed by atoms with Gasteiger partial charge in [0.2, 0.25) is 0 Å². The Hall–Kier alpha value is -2.07. The van der Waals surface area contributed by atoms with E-state index < -0.39 is 0 Å². The monoisotopic (exact) mass is 262 g/mol. The Morgan fingerprint density at radius 2 is 1.89 bits per heavy atom. The van der Waals surface area contributed by atoms with Crippen molar-refractivity contribution in [3.05, 3.63) is 70.1 Å². The van der Waals surface area contributed by atoms with Crippen LogP contribution in [0.5, 0.6) is 0 Å². The molecule has 0 atom stereocenters. The largest absolute Gasteiger partial charge is 0.619 e. The van der Waals surface area contributed by atoms with E-state index >= 15 is 0 Å². The Morgan fingerprint density at radius 3 is 2.56 bits per heavy atom. The van der Waals surface area contributed by atoms with Gasteiger partial charge >= 0.3 is 0 Å². The van der Waals surface area contributed by atoms with Crippen LogP contribution in [0.3, 0.4) is 0 Å². The van der Waals surface area contributed by atoms with E-state index in [0.717, 1.165) is 5.56 Å². The van der Waals surface area contributed by atoms with Gasteiger partial charge in [0.1, 0.15) is 0 Å². The molecule has 0 saturated heterocycles. The second-order valence-electron chi connectivity index (χ2n) is 3.72. The van der Waals surface area contributed by atoms with Gasteiger partial charge in [0, 0.05) is 23.7 Å². The predicted octanol–water partition coefficient (Wildman–Crippen LogP) is 1.90. The average Bonchev–Trinajstić information content (AvgIpc) is 2.38. The molecule has 1 aromatic carbocycles. The van der Waals surface area contributed by atoms with Crippen molar-refractivity contribution in [1.82, 2.24) is 5.32 Å². The lowest BCUT2D eigenvalue weighted by Crippen LogP contribution is -2.27. The van der Waals surface area contributed by atoms with Crippen molar-refractivity contribution >= 4 is 17.5 Å². The fourth-order valence-electron chi connectivity index (χ4n) is 1.48. The summed E-state index contributed by atoms with van der Waals surface area (Å²) in [6, 6.07) is 10.2. The molecular weight excluding hydrogens is 252 g/mol. The summed E-state index contributed by atoms with van der Waals surface area (Å²) in [5.41, 5.74) is 1.29. The number of carbonyl (C=O) groups excluding carboxylic acids is 1. The lowest BCUT2D eigenvalue weighted by molar-refractivity contribution is -0.605. The van der Waals surface area contributed by atoms with E-state index in [0.29, 0.717) is 21.9 Å². The second-order valence-corrected chi connectivity index (χ2v) is 4.13. The summed E-state index contributed by atoms with van der Waals surface area (Å²) < 4.78 is 0.630. The van der Waals surface area contributed by atoms with E-state index in [1.54, 1.807) is 6.07 Å². The lowest BCUT2D eigenvalue weighted by Gasteiger charge is -2.06. The molecule has 1 heterocycles. The van der Waals surface area contributed by atoms with Crippen LogP contribution in [0, 0.1) is 5.21 Å². The number of pyridine rings is 1. The highest BCUT2D eigenvalue weighted by atomic mass is 35.5. The van der Waals surface area contributed by atoms with E-state index in [1.165, 1.54) is 24.5 Å². The average molecular weight is 263 g/mol. The summed E-state index contributed by atoms with van der Waals surface area (Å²) in [4.78, 5) is 11.8.